The molecule has 17 heavy (non-hydrogen) atoms. The highest BCUT2D eigenvalue weighted by molar-refractivity contribution is 5.35. The number of aromatic nitrogens is 3. The van der Waals surface area contributed by atoms with Crippen molar-refractivity contribution in [2.45, 2.75) is 33.2 Å². The second-order valence-electron chi connectivity index (χ2n) is 4.66. The van der Waals surface area contributed by atoms with Crippen LogP contribution >= 0.6 is 0 Å². The molecule has 2 rings (SSSR count). The maximum Gasteiger partial charge on any atom is 0.169 e. The van der Waals surface area contributed by atoms with Crippen molar-refractivity contribution in [1.29, 1.82) is 0 Å². The zero-order chi connectivity index (χ0) is 12.4. The van der Waals surface area contributed by atoms with Gasteiger partial charge in [0.1, 0.15) is 0 Å². The minimum absolute atomic E-state index is 0.329. The molecule has 0 radical (unpaired) electrons. The third-order valence-electron chi connectivity index (χ3n) is 2.76. The molecule has 0 unspecified atom stereocenters. The van der Waals surface area contributed by atoms with Gasteiger partial charge in [-0.15, -0.1) is 5.10 Å². The molecule has 2 N–H and O–H groups in total. The molecular weight excluding hydrogens is 212 g/mol. The Kier molecular flexibility index (Phi) is 3.13. The number of rotatable bonds is 3. The Hall–Kier alpha value is -1.84. The fraction of sp³-hybridized carbons (Fsp3) is 0.385. The van der Waals surface area contributed by atoms with Gasteiger partial charge in [0.15, 0.2) is 5.82 Å². The van der Waals surface area contributed by atoms with Crippen LogP contribution in [0.25, 0.3) is 0 Å². The first-order chi connectivity index (χ1) is 8.08. The van der Waals surface area contributed by atoms with Crippen LogP contribution in [0, 0.1) is 6.92 Å². The van der Waals surface area contributed by atoms with Crippen LogP contribution in [0.15, 0.2) is 24.3 Å². The summed E-state index contributed by atoms with van der Waals surface area (Å²) in [4.78, 5) is 0. The lowest BCUT2D eigenvalue weighted by Crippen LogP contribution is -2.08. The van der Waals surface area contributed by atoms with E-state index in [0.717, 1.165) is 12.2 Å². The molecule has 0 aliphatic rings. The van der Waals surface area contributed by atoms with Gasteiger partial charge in [-0.05, 0) is 18.4 Å². The van der Waals surface area contributed by atoms with Gasteiger partial charge in [-0.3, -0.25) is 0 Å². The average Bonchev–Trinajstić information content (AvgIpc) is 2.59. The Morgan fingerprint density at radius 2 is 2.12 bits per heavy atom. The van der Waals surface area contributed by atoms with Gasteiger partial charge in [0.05, 0.1) is 12.2 Å². The molecule has 0 atom stereocenters. The molecule has 0 saturated heterocycles. The van der Waals surface area contributed by atoms with E-state index in [9.17, 15) is 0 Å². The fourth-order valence-electron chi connectivity index (χ4n) is 2.03. The lowest BCUT2D eigenvalue weighted by molar-refractivity contribution is 0.598. The summed E-state index contributed by atoms with van der Waals surface area (Å²) in [6, 6.07) is 8.39. The average molecular weight is 230 g/mol. The number of nitrogens with two attached hydrogens (primary N) is 1. The zero-order valence-corrected chi connectivity index (χ0v) is 10.5. The van der Waals surface area contributed by atoms with Crippen molar-refractivity contribution in [3.05, 3.63) is 41.1 Å². The molecule has 1 aromatic heterocycles. The number of anilines is 1. The highest BCUT2D eigenvalue weighted by Gasteiger charge is 2.13. The van der Waals surface area contributed by atoms with E-state index in [0.29, 0.717) is 11.7 Å². The molecule has 0 fully saturated rings. The summed E-state index contributed by atoms with van der Waals surface area (Å²) in [6.45, 7) is 7.01. The fourth-order valence-corrected chi connectivity index (χ4v) is 2.03. The van der Waals surface area contributed by atoms with Crippen LogP contribution in [-0.4, -0.2) is 15.0 Å². The largest absolute Gasteiger partial charge is 0.381 e. The van der Waals surface area contributed by atoms with Crippen LogP contribution < -0.4 is 5.73 Å². The molecule has 4 heteroatoms. The number of benzene rings is 1. The molecule has 1 heterocycles. The normalized spacial score (nSPS) is 11.1. The van der Waals surface area contributed by atoms with Crippen LogP contribution in [-0.2, 0) is 6.54 Å². The lowest BCUT2D eigenvalue weighted by atomic mass is 10.1. The van der Waals surface area contributed by atoms with Crippen molar-refractivity contribution in [1.82, 2.24) is 15.0 Å². The van der Waals surface area contributed by atoms with Gasteiger partial charge in [0, 0.05) is 0 Å². The van der Waals surface area contributed by atoms with Crippen molar-refractivity contribution >= 4 is 5.82 Å². The Morgan fingerprint density at radius 3 is 2.76 bits per heavy atom. The Morgan fingerprint density at radius 1 is 1.35 bits per heavy atom. The van der Waals surface area contributed by atoms with E-state index in [2.05, 4.69) is 55.3 Å². The number of aryl methyl sites for hydroxylation is 1. The van der Waals surface area contributed by atoms with Gasteiger partial charge in [-0.25, -0.2) is 4.68 Å². The summed E-state index contributed by atoms with van der Waals surface area (Å²) in [5, 5.41) is 8.05. The molecule has 0 aliphatic carbocycles. The van der Waals surface area contributed by atoms with E-state index >= 15 is 0 Å². The van der Waals surface area contributed by atoms with Crippen molar-refractivity contribution in [3.8, 4) is 0 Å². The second-order valence-corrected chi connectivity index (χ2v) is 4.66. The lowest BCUT2D eigenvalue weighted by Gasteiger charge is -2.10. The highest BCUT2D eigenvalue weighted by atomic mass is 15.4. The minimum Gasteiger partial charge on any atom is -0.381 e. The summed E-state index contributed by atoms with van der Waals surface area (Å²) < 4.78 is 1.88. The Balaban J connectivity index is 2.30. The first-order valence-corrected chi connectivity index (χ1v) is 5.82. The molecular formula is C13H18N4. The third kappa shape index (κ3) is 2.46. The standard InChI is InChI=1S/C13H18N4/c1-9(2)12-13(14)15-16-17(12)8-11-6-4-5-10(3)7-11/h4-7,9H,8,14H2,1-3H3. The Bertz CT molecular complexity index is 514. The molecule has 0 spiro atoms. The molecule has 4 nitrogen and oxygen atoms in total. The first kappa shape index (κ1) is 11.6. The van der Waals surface area contributed by atoms with E-state index in [1.165, 1.54) is 11.1 Å². The van der Waals surface area contributed by atoms with Gasteiger partial charge in [0.25, 0.3) is 0 Å². The maximum atomic E-state index is 5.83. The first-order valence-electron chi connectivity index (χ1n) is 5.82. The molecule has 90 valence electrons. The van der Waals surface area contributed by atoms with Crippen molar-refractivity contribution in [2.24, 2.45) is 0 Å². The number of nitrogen functional groups attached to an aromatic ring is 1. The van der Waals surface area contributed by atoms with Crippen molar-refractivity contribution in [3.63, 3.8) is 0 Å². The van der Waals surface area contributed by atoms with E-state index in [4.69, 9.17) is 5.73 Å². The van der Waals surface area contributed by atoms with E-state index in [-0.39, 0.29) is 0 Å². The van der Waals surface area contributed by atoms with Crippen LogP contribution in [0.4, 0.5) is 5.82 Å². The number of nitrogens with zero attached hydrogens (tertiary/aromatic N) is 3. The maximum absolute atomic E-state index is 5.83. The smallest absolute Gasteiger partial charge is 0.169 e. The van der Waals surface area contributed by atoms with Crippen molar-refractivity contribution in [2.75, 3.05) is 5.73 Å². The van der Waals surface area contributed by atoms with Gasteiger partial charge in [0.2, 0.25) is 0 Å². The van der Waals surface area contributed by atoms with E-state index in [1.54, 1.807) is 0 Å². The van der Waals surface area contributed by atoms with Crippen LogP contribution in [0.2, 0.25) is 0 Å². The van der Waals surface area contributed by atoms with E-state index in [1.807, 2.05) is 4.68 Å². The predicted octanol–water partition coefficient (Wildman–Crippen LogP) is 2.34. The summed E-state index contributed by atoms with van der Waals surface area (Å²) >= 11 is 0. The summed E-state index contributed by atoms with van der Waals surface area (Å²) in [5.41, 5.74) is 9.31. The number of hydrogen-bond donors (Lipinski definition) is 1. The summed E-state index contributed by atoms with van der Waals surface area (Å²) in [5.74, 6) is 0.863. The van der Waals surface area contributed by atoms with Gasteiger partial charge >= 0.3 is 0 Å². The number of hydrogen-bond acceptors (Lipinski definition) is 3. The quantitative estimate of drug-likeness (QED) is 0.880. The van der Waals surface area contributed by atoms with E-state index < -0.39 is 0 Å². The monoisotopic (exact) mass is 230 g/mol. The molecule has 0 saturated carbocycles. The van der Waals surface area contributed by atoms with Crippen LogP contribution in [0.5, 0.6) is 0 Å². The zero-order valence-electron chi connectivity index (χ0n) is 10.5. The molecule has 0 amide bonds. The predicted molar refractivity (Wildman–Crippen MR) is 68.8 cm³/mol. The van der Waals surface area contributed by atoms with Gasteiger partial charge in [-0.2, -0.15) is 0 Å². The van der Waals surface area contributed by atoms with Crippen LogP contribution in [0.1, 0.15) is 36.6 Å². The molecule has 2 aromatic rings. The Labute approximate surface area is 101 Å². The highest BCUT2D eigenvalue weighted by Crippen LogP contribution is 2.20. The summed E-state index contributed by atoms with van der Waals surface area (Å²) in [7, 11) is 0. The topological polar surface area (TPSA) is 56.7 Å². The van der Waals surface area contributed by atoms with Crippen molar-refractivity contribution < 1.29 is 0 Å². The van der Waals surface area contributed by atoms with Crippen LogP contribution in [0.3, 0.4) is 0 Å². The van der Waals surface area contributed by atoms with Gasteiger partial charge in [-0.1, -0.05) is 48.9 Å². The second kappa shape index (κ2) is 4.57. The molecule has 0 bridgehead atoms. The third-order valence-corrected chi connectivity index (χ3v) is 2.76. The molecule has 0 aliphatic heterocycles. The molecule has 1 aromatic carbocycles. The van der Waals surface area contributed by atoms with Gasteiger partial charge < -0.3 is 5.73 Å². The minimum atomic E-state index is 0.329. The summed E-state index contributed by atoms with van der Waals surface area (Å²) in [6.07, 6.45) is 0. The SMILES string of the molecule is Cc1cccc(Cn2nnc(N)c2C(C)C)c1.